The Kier molecular flexibility index (Phi) is 7.05. The van der Waals surface area contributed by atoms with E-state index >= 15 is 0 Å². The second-order valence-electron chi connectivity index (χ2n) is 7.96. The van der Waals surface area contributed by atoms with E-state index in [4.69, 9.17) is 9.47 Å². The van der Waals surface area contributed by atoms with Crippen LogP contribution >= 0.6 is 0 Å². The molecule has 2 heterocycles. The van der Waals surface area contributed by atoms with E-state index in [1.165, 1.54) is 29.2 Å². The van der Waals surface area contributed by atoms with Gasteiger partial charge in [0.2, 0.25) is 0 Å². The van der Waals surface area contributed by atoms with Gasteiger partial charge in [0, 0.05) is 31.7 Å². The van der Waals surface area contributed by atoms with Gasteiger partial charge < -0.3 is 19.5 Å². The molecule has 2 aromatic carbocycles. The Morgan fingerprint density at radius 3 is 2.55 bits per heavy atom. The number of amides is 1. The van der Waals surface area contributed by atoms with E-state index in [-0.39, 0.29) is 16.9 Å². The van der Waals surface area contributed by atoms with E-state index in [0.29, 0.717) is 44.2 Å². The molecule has 8 heteroatoms. The third kappa shape index (κ3) is 4.91. The van der Waals surface area contributed by atoms with Crippen LogP contribution in [0.4, 0.5) is 4.39 Å². The van der Waals surface area contributed by atoms with Crippen molar-refractivity contribution >= 4 is 17.4 Å². The summed E-state index contributed by atoms with van der Waals surface area (Å²) >= 11 is 0. The lowest BCUT2D eigenvalue weighted by Crippen LogP contribution is -2.42. The second-order valence-corrected chi connectivity index (χ2v) is 7.96. The summed E-state index contributed by atoms with van der Waals surface area (Å²) in [6, 6.07) is 11.6. The smallest absolute Gasteiger partial charge is 0.295 e. The normalized spacial score (nSPS) is 20.9. The molecule has 1 atom stereocenters. The van der Waals surface area contributed by atoms with Crippen molar-refractivity contribution in [3.05, 3.63) is 71.0 Å². The van der Waals surface area contributed by atoms with Gasteiger partial charge in [-0.1, -0.05) is 12.1 Å². The quantitative estimate of drug-likeness (QED) is 0.394. The van der Waals surface area contributed by atoms with Gasteiger partial charge in [0.25, 0.3) is 11.7 Å². The Morgan fingerprint density at radius 2 is 1.85 bits per heavy atom. The Labute approximate surface area is 192 Å². The number of hydrogen-bond acceptors (Lipinski definition) is 6. The average molecular weight is 454 g/mol. The van der Waals surface area contributed by atoms with Crippen molar-refractivity contribution in [2.75, 3.05) is 46.0 Å². The summed E-state index contributed by atoms with van der Waals surface area (Å²) in [7, 11) is 0. The molecule has 0 spiro atoms. The van der Waals surface area contributed by atoms with Gasteiger partial charge in [-0.2, -0.15) is 0 Å². The van der Waals surface area contributed by atoms with Crippen LogP contribution in [-0.2, 0) is 14.3 Å². The summed E-state index contributed by atoms with van der Waals surface area (Å²) in [5.74, 6) is -1.60. The third-order valence-electron chi connectivity index (χ3n) is 5.90. The number of hydrogen-bond donors (Lipinski definition) is 1. The van der Waals surface area contributed by atoms with Gasteiger partial charge in [0.05, 0.1) is 31.4 Å². The van der Waals surface area contributed by atoms with Gasteiger partial charge in [0.1, 0.15) is 17.3 Å². The van der Waals surface area contributed by atoms with E-state index in [1.54, 1.807) is 24.3 Å². The summed E-state index contributed by atoms with van der Waals surface area (Å²) in [5, 5.41) is 11.0. The van der Waals surface area contributed by atoms with Crippen LogP contribution in [0.2, 0.25) is 0 Å². The van der Waals surface area contributed by atoms with Gasteiger partial charge in [-0.25, -0.2) is 4.39 Å². The highest BCUT2D eigenvalue weighted by Crippen LogP contribution is 2.40. The Hall–Kier alpha value is -3.23. The molecule has 0 radical (unpaired) electrons. The molecule has 33 heavy (non-hydrogen) atoms. The highest BCUT2D eigenvalue weighted by Gasteiger charge is 2.46. The molecule has 0 bridgehead atoms. The number of halogens is 1. The second kappa shape index (κ2) is 10.1. The molecular weight excluding hydrogens is 427 g/mol. The monoisotopic (exact) mass is 454 g/mol. The minimum atomic E-state index is -0.781. The van der Waals surface area contributed by atoms with Crippen molar-refractivity contribution < 1.29 is 28.6 Å². The van der Waals surface area contributed by atoms with Crippen molar-refractivity contribution in [2.45, 2.75) is 13.0 Å². The minimum absolute atomic E-state index is 0.0118. The van der Waals surface area contributed by atoms with E-state index in [0.717, 1.165) is 13.1 Å². The number of benzene rings is 2. The maximum Gasteiger partial charge on any atom is 0.295 e. The summed E-state index contributed by atoms with van der Waals surface area (Å²) < 4.78 is 24.4. The largest absolute Gasteiger partial charge is 0.507 e. The number of ketones is 1. The highest BCUT2D eigenvalue weighted by atomic mass is 19.1. The van der Waals surface area contributed by atoms with E-state index in [1.807, 2.05) is 6.92 Å². The number of aliphatic hydroxyl groups is 1. The van der Waals surface area contributed by atoms with Crippen LogP contribution in [0.15, 0.2) is 54.1 Å². The number of carbonyl (C=O) groups excluding carboxylic acids is 2. The fourth-order valence-corrected chi connectivity index (χ4v) is 4.24. The van der Waals surface area contributed by atoms with Crippen LogP contribution in [-0.4, -0.2) is 72.6 Å². The molecule has 2 aromatic rings. The van der Waals surface area contributed by atoms with Crippen molar-refractivity contribution in [2.24, 2.45) is 0 Å². The van der Waals surface area contributed by atoms with Crippen LogP contribution in [0.5, 0.6) is 5.75 Å². The van der Waals surface area contributed by atoms with Crippen LogP contribution in [0.3, 0.4) is 0 Å². The van der Waals surface area contributed by atoms with Crippen molar-refractivity contribution in [1.82, 2.24) is 9.80 Å². The van der Waals surface area contributed by atoms with E-state index in [2.05, 4.69) is 4.90 Å². The average Bonchev–Trinajstić information content (AvgIpc) is 3.09. The topological polar surface area (TPSA) is 79.3 Å². The van der Waals surface area contributed by atoms with Crippen LogP contribution in [0.1, 0.15) is 24.1 Å². The molecule has 1 amide bonds. The number of likely N-dealkylation sites (tertiary alicyclic amines) is 1. The molecule has 174 valence electrons. The SMILES string of the molecule is CCOc1cccc(C2/C(=C(\O)c3ccc(F)cc3)C(=O)C(=O)N2CCN2CCOCC2)c1. The fourth-order valence-electron chi connectivity index (χ4n) is 4.24. The maximum absolute atomic E-state index is 13.4. The van der Waals surface area contributed by atoms with E-state index in [9.17, 15) is 19.1 Å². The van der Waals surface area contributed by atoms with E-state index < -0.39 is 23.5 Å². The number of Topliss-reactive ketones (excluding diaryl/α,β-unsaturated/α-hetero) is 1. The lowest BCUT2D eigenvalue weighted by molar-refractivity contribution is -0.140. The zero-order chi connectivity index (χ0) is 23.4. The number of ether oxygens (including phenoxy) is 2. The van der Waals surface area contributed by atoms with Gasteiger partial charge in [-0.05, 0) is 48.9 Å². The Balaban J connectivity index is 1.74. The zero-order valence-electron chi connectivity index (χ0n) is 18.5. The first kappa shape index (κ1) is 22.9. The summed E-state index contributed by atoms with van der Waals surface area (Å²) in [5.41, 5.74) is 0.918. The summed E-state index contributed by atoms with van der Waals surface area (Å²) in [6.07, 6.45) is 0. The summed E-state index contributed by atoms with van der Waals surface area (Å²) in [4.78, 5) is 29.8. The number of rotatable bonds is 7. The lowest BCUT2D eigenvalue weighted by Gasteiger charge is -2.31. The first-order valence-corrected chi connectivity index (χ1v) is 11.1. The van der Waals surface area contributed by atoms with Crippen molar-refractivity contribution in [3.8, 4) is 5.75 Å². The predicted octanol–water partition coefficient (Wildman–Crippen LogP) is 2.98. The Morgan fingerprint density at radius 1 is 1.12 bits per heavy atom. The summed E-state index contributed by atoms with van der Waals surface area (Å²) in [6.45, 7) is 6.00. The fraction of sp³-hybridized carbons (Fsp3) is 0.360. The van der Waals surface area contributed by atoms with Gasteiger partial charge in [-0.3, -0.25) is 14.5 Å². The van der Waals surface area contributed by atoms with Crippen LogP contribution in [0.25, 0.3) is 5.76 Å². The number of aliphatic hydroxyl groups excluding tert-OH is 1. The molecule has 2 fully saturated rings. The molecule has 0 aromatic heterocycles. The minimum Gasteiger partial charge on any atom is -0.507 e. The van der Waals surface area contributed by atoms with Gasteiger partial charge >= 0.3 is 0 Å². The number of morpholine rings is 1. The lowest BCUT2D eigenvalue weighted by atomic mass is 9.95. The number of nitrogens with zero attached hydrogens (tertiary/aromatic N) is 2. The molecule has 0 aliphatic carbocycles. The first-order valence-electron chi connectivity index (χ1n) is 11.1. The Bertz CT molecular complexity index is 1050. The molecule has 1 unspecified atom stereocenters. The van der Waals surface area contributed by atoms with Gasteiger partial charge in [0.15, 0.2) is 0 Å². The molecular formula is C25H27FN2O5. The van der Waals surface area contributed by atoms with Gasteiger partial charge in [-0.15, -0.1) is 0 Å². The molecule has 2 aliphatic rings. The number of carbonyl (C=O) groups is 2. The van der Waals surface area contributed by atoms with Crippen molar-refractivity contribution in [3.63, 3.8) is 0 Å². The molecule has 0 saturated carbocycles. The molecule has 2 saturated heterocycles. The molecule has 7 nitrogen and oxygen atoms in total. The third-order valence-corrected chi connectivity index (χ3v) is 5.90. The van der Waals surface area contributed by atoms with Crippen LogP contribution < -0.4 is 4.74 Å². The molecule has 4 rings (SSSR count). The predicted molar refractivity (Wildman–Crippen MR) is 120 cm³/mol. The zero-order valence-corrected chi connectivity index (χ0v) is 18.5. The van der Waals surface area contributed by atoms with Crippen LogP contribution in [0, 0.1) is 5.82 Å². The molecule has 1 N–H and O–H groups in total. The standard InChI is InChI=1S/C25H27FN2O5/c1-2-33-20-5-3-4-18(16-20)22-21(23(29)17-6-8-19(26)9-7-17)24(30)25(31)28(22)11-10-27-12-14-32-15-13-27/h3-9,16,22,29H,2,10-15H2,1H3/b23-21+. The first-order chi connectivity index (χ1) is 16.0. The highest BCUT2D eigenvalue weighted by molar-refractivity contribution is 6.46. The molecule has 2 aliphatic heterocycles. The maximum atomic E-state index is 13.4. The van der Waals surface area contributed by atoms with Crippen molar-refractivity contribution in [1.29, 1.82) is 0 Å².